The fourth-order valence-corrected chi connectivity index (χ4v) is 4.39. The zero-order valence-electron chi connectivity index (χ0n) is 21.8. The lowest BCUT2D eigenvalue weighted by Gasteiger charge is -2.25. The van der Waals surface area contributed by atoms with Gasteiger partial charge in [-0.1, -0.05) is 58.6 Å². The predicted octanol–water partition coefficient (Wildman–Crippen LogP) is 6.66. The number of carbonyl (C=O) groups is 2. The molecule has 1 aliphatic heterocycles. The van der Waals surface area contributed by atoms with Gasteiger partial charge in [0.2, 0.25) is 0 Å². The SMILES string of the molecule is CCCCCOc1ccc(/C(O)=C2/C(=O)C(=O)N(CCC)C2c2ccc(OCCCCC)cc2)cc1. The van der Waals surface area contributed by atoms with Gasteiger partial charge in [0.15, 0.2) is 0 Å². The monoisotopic (exact) mass is 493 g/mol. The highest BCUT2D eigenvalue weighted by Crippen LogP contribution is 2.40. The largest absolute Gasteiger partial charge is 0.507 e. The highest BCUT2D eigenvalue weighted by atomic mass is 16.5. The van der Waals surface area contributed by atoms with Gasteiger partial charge in [0.1, 0.15) is 17.3 Å². The number of aliphatic hydroxyl groups is 1. The first kappa shape index (κ1) is 27.3. The summed E-state index contributed by atoms with van der Waals surface area (Å²) < 4.78 is 11.6. The van der Waals surface area contributed by atoms with E-state index in [2.05, 4.69) is 13.8 Å². The van der Waals surface area contributed by atoms with Crippen molar-refractivity contribution in [3.05, 3.63) is 65.2 Å². The number of likely N-dealkylation sites (tertiary alicyclic amines) is 1. The highest BCUT2D eigenvalue weighted by Gasteiger charge is 2.45. The van der Waals surface area contributed by atoms with Crippen molar-refractivity contribution in [3.63, 3.8) is 0 Å². The number of ether oxygens (including phenoxy) is 2. The van der Waals surface area contributed by atoms with Gasteiger partial charge < -0.3 is 19.5 Å². The fraction of sp³-hybridized carbons (Fsp3) is 0.467. The van der Waals surface area contributed by atoms with E-state index in [9.17, 15) is 14.7 Å². The molecule has 2 aromatic carbocycles. The summed E-state index contributed by atoms with van der Waals surface area (Å²) >= 11 is 0. The van der Waals surface area contributed by atoms with Gasteiger partial charge >= 0.3 is 0 Å². The van der Waals surface area contributed by atoms with Gasteiger partial charge in [-0.15, -0.1) is 0 Å². The molecule has 6 nitrogen and oxygen atoms in total. The van der Waals surface area contributed by atoms with E-state index in [1.54, 1.807) is 29.2 Å². The van der Waals surface area contributed by atoms with Crippen LogP contribution in [0.1, 0.15) is 82.9 Å². The van der Waals surface area contributed by atoms with Crippen LogP contribution in [0.2, 0.25) is 0 Å². The number of unbranched alkanes of at least 4 members (excludes halogenated alkanes) is 4. The maximum Gasteiger partial charge on any atom is 0.295 e. The Bertz CT molecular complexity index is 1030. The Morgan fingerprint density at radius 3 is 1.81 bits per heavy atom. The minimum absolute atomic E-state index is 0.113. The first-order chi connectivity index (χ1) is 17.5. The Labute approximate surface area is 214 Å². The molecule has 1 amide bonds. The molecule has 0 saturated carbocycles. The van der Waals surface area contributed by atoms with Crippen LogP contribution in [0, 0.1) is 0 Å². The van der Waals surface area contributed by atoms with Crippen molar-refractivity contribution in [2.75, 3.05) is 19.8 Å². The Balaban J connectivity index is 1.87. The molecule has 1 heterocycles. The van der Waals surface area contributed by atoms with Crippen LogP contribution in [-0.4, -0.2) is 41.5 Å². The van der Waals surface area contributed by atoms with Crippen LogP contribution < -0.4 is 9.47 Å². The number of benzene rings is 2. The van der Waals surface area contributed by atoms with E-state index >= 15 is 0 Å². The summed E-state index contributed by atoms with van der Waals surface area (Å²) in [6.07, 6.45) is 7.18. The van der Waals surface area contributed by atoms with E-state index in [0.29, 0.717) is 37.5 Å². The van der Waals surface area contributed by atoms with Crippen molar-refractivity contribution < 1.29 is 24.2 Å². The molecule has 2 aromatic rings. The Morgan fingerprint density at radius 2 is 1.31 bits per heavy atom. The second kappa shape index (κ2) is 13.7. The standard InChI is InChI=1S/C30H39NO5/c1-4-7-9-20-35-24-15-11-22(12-16-24)27-26(29(33)30(34)31(27)19-6-3)28(32)23-13-17-25(18-14-23)36-21-10-8-5-2/h11-18,27,32H,4-10,19-21H2,1-3H3/b28-26-. The number of nitrogens with zero attached hydrogens (tertiary/aromatic N) is 1. The van der Waals surface area contributed by atoms with Crippen molar-refractivity contribution in [2.45, 2.75) is 71.8 Å². The van der Waals surface area contributed by atoms with E-state index in [4.69, 9.17) is 9.47 Å². The minimum atomic E-state index is -0.661. The number of hydrogen-bond donors (Lipinski definition) is 1. The first-order valence-electron chi connectivity index (χ1n) is 13.3. The molecule has 1 N–H and O–H groups in total. The highest BCUT2D eigenvalue weighted by molar-refractivity contribution is 6.46. The number of aliphatic hydroxyl groups excluding tert-OH is 1. The normalized spacial score (nSPS) is 17.0. The van der Waals surface area contributed by atoms with Gasteiger partial charge in [-0.3, -0.25) is 9.59 Å². The van der Waals surface area contributed by atoms with E-state index in [1.807, 2.05) is 31.2 Å². The van der Waals surface area contributed by atoms with Crippen molar-refractivity contribution >= 4 is 17.4 Å². The van der Waals surface area contributed by atoms with Crippen molar-refractivity contribution in [1.29, 1.82) is 0 Å². The van der Waals surface area contributed by atoms with Crippen LogP contribution in [0.4, 0.5) is 0 Å². The number of hydrogen-bond acceptors (Lipinski definition) is 5. The first-order valence-corrected chi connectivity index (χ1v) is 13.3. The minimum Gasteiger partial charge on any atom is -0.507 e. The fourth-order valence-electron chi connectivity index (χ4n) is 4.39. The molecule has 1 atom stereocenters. The number of ketones is 1. The average molecular weight is 494 g/mol. The summed E-state index contributed by atoms with van der Waals surface area (Å²) in [5.74, 6) is 0.0382. The lowest BCUT2D eigenvalue weighted by molar-refractivity contribution is -0.139. The molecule has 36 heavy (non-hydrogen) atoms. The summed E-state index contributed by atoms with van der Waals surface area (Å²) in [6.45, 7) is 7.97. The smallest absolute Gasteiger partial charge is 0.295 e. The van der Waals surface area contributed by atoms with E-state index < -0.39 is 17.7 Å². The molecule has 6 heteroatoms. The van der Waals surface area contributed by atoms with Crippen molar-refractivity contribution in [3.8, 4) is 11.5 Å². The molecular formula is C30H39NO5. The van der Waals surface area contributed by atoms with Gasteiger partial charge in [0, 0.05) is 12.1 Å². The molecule has 0 radical (unpaired) electrons. The molecule has 1 unspecified atom stereocenters. The zero-order chi connectivity index (χ0) is 25.9. The topological polar surface area (TPSA) is 76.1 Å². The molecule has 0 spiro atoms. The Morgan fingerprint density at radius 1 is 0.778 bits per heavy atom. The molecule has 1 aliphatic rings. The average Bonchev–Trinajstić information content (AvgIpc) is 3.15. The third kappa shape index (κ3) is 6.68. The molecule has 0 bridgehead atoms. The lowest BCUT2D eigenvalue weighted by atomic mass is 9.95. The number of carbonyl (C=O) groups excluding carboxylic acids is 2. The number of rotatable bonds is 14. The van der Waals surface area contributed by atoms with Gasteiger partial charge in [-0.2, -0.15) is 0 Å². The maximum atomic E-state index is 13.1. The summed E-state index contributed by atoms with van der Waals surface area (Å²) in [5.41, 5.74) is 1.36. The summed E-state index contributed by atoms with van der Waals surface area (Å²) in [6, 6.07) is 13.8. The number of Topliss-reactive ketones (excluding diaryl/α,β-unsaturated/α-hetero) is 1. The molecule has 1 saturated heterocycles. The molecule has 0 aromatic heterocycles. The van der Waals surface area contributed by atoms with Gasteiger partial charge in [-0.05, 0) is 61.2 Å². The molecule has 0 aliphatic carbocycles. The van der Waals surface area contributed by atoms with Crippen molar-refractivity contribution in [2.24, 2.45) is 0 Å². The van der Waals surface area contributed by atoms with Crippen LogP contribution in [0.5, 0.6) is 11.5 Å². The second-order valence-corrected chi connectivity index (χ2v) is 9.20. The zero-order valence-corrected chi connectivity index (χ0v) is 21.8. The summed E-state index contributed by atoms with van der Waals surface area (Å²) in [5, 5.41) is 11.2. The lowest BCUT2D eigenvalue weighted by Crippen LogP contribution is -2.30. The van der Waals surface area contributed by atoms with Crippen LogP contribution in [-0.2, 0) is 9.59 Å². The molecular weight excluding hydrogens is 454 g/mol. The van der Waals surface area contributed by atoms with Crippen LogP contribution in [0.15, 0.2) is 54.1 Å². The summed E-state index contributed by atoms with van der Waals surface area (Å²) in [7, 11) is 0. The maximum absolute atomic E-state index is 13.1. The van der Waals surface area contributed by atoms with E-state index in [1.165, 1.54) is 0 Å². The van der Waals surface area contributed by atoms with Gasteiger partial charge in [0.25, 0.3) is 11.7 Å². The Hall–Kier alpha value is -3.28. The van der Waals surface area contributed by atoms with E-state index in [0.717, 1.165) is 49.8 Å². The van der Waals surface area contributed by atoms with Crippen LogP contribution in [0.3, 0.4) is 0 Å². The molecule has 194 valence electrons. The summed E-state index contributed by atoms with van der Waals surface area (Å²) in [4.78, 5) is 27.5. The molecule has 1 fully saturated rings. The van der Waals surface area contributed by atoms with E-state index in [-0.39, 0.29) is 11.3 Å². The third-order valence-electron chi connectivity index (χ3n) is 6.36. The predicted molar refractivity (Wildman–Crippen MR) is 142 cm³/mol. The van der Waals surface area contributed by atoms with Crippen LogP contribution in [0.25, 0.3) is 5.76 Å². The van der Waals surface area contributed by atoms with Crippen molar-refractivity contribution in [1.82, 2.24) is 4.90 Å². The second-order valence-electron chi connectivity index (χ2n) is 9.20. The van der Waals surface area contributed by atoms with Gasteiger partial charge in [0.05, 0.1) is 24.8 Å². The Kier molecular flexibility index (Phi) is 10.4. The quantitative estimate of drug-likeness (QED) is 0.138. The number of amides is 1. The molecule has 3 rings (SSSR count). The third-order valence-corrected chi connectivity index (χ3v) is 6.36. The van der Waals surface area contributed by atoms with Gasteiger partial charge in [-0.25, -0.2) is 0 Å². The van der Waals surface area contributed by atoms with Crippen LogP contribution >= 0.6 is 0 Å².